The van der Waals surface area contributed by atoms with E-state index in [0.29, 0.717) is 6.61 Å². The van der Waals surface area contributed by atoms with Crippen LogP contribution in [0.2, 0.25) is 0 Å². The highest BCUT2D eigenvalue weighted by Gasteiger charge is 2.17. The van der Waals surface area contributed by atoms with Gasteiger partial charge in [0.15, 0.2) is 0 Å². The first kappa shape index (κ1) is 16.7. The van der Waals surface area contributed by atoms with Crippen molar-refractivity contribution in [3.63, 3.8) is 0 Å². The normalized spacial score (nSPS) is 12.1. The van der Waals surface area contributed by atoms with Gasteiger partial charge in [0.25, 0.3) is 0 Å². The Balaban J connectivity index is 2.15. The SMILES string of the molecule is CCCc1ccc(C(NC(=O)COCC)c2cccs2)cc1. The number of thiophene rings is 1. The molecule has 1 aromatic heterocycles. The van der Waals surface area contributed by atoms with Crippen LogP contribution in [0.15, 0.2) is 41.8 Å². The fourth-order valence-corrected chi connectivity index (χ4v) is 3.14. The van der Waals surface area contributed by atoms with Crippen LogP contribution in [0.5, 0.6) is 0 Å². The lowest BCUT2D eigenvalue weighted by molar-refractivity contribution is -0.126. The van der Waals surface area contributed by atoms with Gasteiger partial charge in [-0.15, -0.1) is 11.3 Å². The summed E-state index contributed by atoms with van der Waals surface area (Å²) in [5, 5.41) is 5.10. The molecule has 1 atom stereocenters. The van der Waals surface area contributed by atoms with Gasteiger partial charge in [-0.1, -0.05) is 43.7 Å². The second kappa shape index (κ2) is 8.71. The van der Waals surface area contributed by atoms with Gasteiger partial charge in [-0.25, -0.2) is 0 Å². The molecular formula is C18H23NO2S. The summed E-state index contributed by atoms with van der Waals surface area (Å²) < 4.78 is 5.19. The maximum absolute atomic E-state index is 12.0. The Morgan fingerprint density at radius 3 is 2.59 bits per heavy atom. The summed E-state index contributed by atoms with van der Waals surface area (Å²) >= 11 is 1.65. The zero-order valence-corrected chi connectivity index (χ0v) is 14.0. The van der Waals surface area contributed by atoms with E-state index in [0.717, 1.165) is 23.3 Å². The molecule has 3 nitrogen and oxygen atoms in total. The molecule has 2 rings (SSSR count). The van der Waals surface area contributed by atoms with E-state index >= 15 is 0 Å². The van der Waals surface area contributed by atoms with Gasteiger partial charge in [0.1, 0.15) is 6.61 Å². The number of benzene rings is 1. The zero-order chi connectivity index (χ0) is 15.8. The largest absolute Gasteiger partial charge is 0.372 e. The summed E-state index contributed by atoms with van der Waals surface area (Å²) in [4.78, 5) is 13.2. The highest BCUT2D eigenvalue weighted by molar-refractivity contribution is 7.10. The van der Waals surface area contributed by atoms with E-state index in [1.807, 2.05) is 18.4 Å². The van der Waals surface area contributed by atoms with Crippen LogP contribution in [-0.2, 0) is 16.0 Å². The molecule has 1 unspecified atom stereocenters. The van der Waals surface area contributed by atoms with Crippen molar-refractivity contribution < 1.29 is 9.53 Å². The fraction of sp³-hybridized carbons (Fsp3) is 0.389. The van der Waals surface area contributed by atoms with Crippen LogP contribution in [-0.4, -0.2) is 19.1 Å². The molecule has 0 saturated heterocycles. The Labute approximate surface area is 136 Å². The number of hydrogen-bond acceptors (Lipinski definition) is 3. The number of amides is 1. The van der Waals surface area contributed by atoms with Crippen molar-refractivity contribution in [3.8, 4) is 0 Å². The lowest BCUT2D eigenvalue weighted by atomic mass is 10.0. The van der Waals surface area contributed by atoms with E-state index in [1.54, 1.807) is 11.3 Å². The van der Waals surface area contributed by atoms with Crippen molar-refractivity contribution >= 4 is 17.2 Å². The second-order valence-corrected chi connectivity index (χ2v) is 6.12. The highest BCUT2D eigenvalue weighted by atomic mass is 32.1. The van der Waals surface area contributed by atoms with Gasteiger partial charge in [0.05, 0.1) is 6.04 Å². The van der Waals surface area contributed by atoms with Crippen molar-refractivity contribution in [1.82, 2.24) is 5.32 Å². The van der Waals surface area contributed by atoms with E-state index < -0.39 is 0 Å². The zero-order valence-electron chi connectivity index (χ0n) is 13.2. The van der Waals surface area contributed by atoms with Gasteiger partial charge in [-0.2, -0.15) is 0 Å². The Morgan fingerprint density at radius 2 is 2.00 bits per heavy atom. The number of nitrogens with one attached hydrogen (secondary N) is 1. The summed E-state index contributed by atoms with van der Waals surface area (Å²) in [5.41, 5.74) is 2.43. The Bertz CT molecular complexity index is 563. The van der Waals surface area contributed by atoms with E-state index in [9.17, 15) is 4.79 Å². The highest BCUT2D eigenvalue weighted by Crippen LogP contribution is 2.26. The van der Waals surface area contributed by atoms with Crippen LogP contribution in [0.1, 0.15) is 42.3 Å². The van der Waals surface area contributed by atoms with Crippen molar-refractivity contribution in [3.05, 3.63) is 57.8 Å². The van der Waals surface area contributed by atoms with Gasteiger partial charge in [0.2, 0.25) is 5.91 Å². The van der Waals surface area contributed by atoms with Crippen LogP contribution in [0.25, 0.3) is 0 Å². The standard InChI is InChI=1S/C18H23NO2S/c1-3-6-14-8-10-15(11-9-14)18(16-7-5-12-22-16)19-17(20)13-21-4-2/h5,7-12,18H,3-4,6,13H2,1-2H3,(H,19,20). The minimum Gasteiger partial charge on any atom is -0.372 e. The average Bonchev–Trinajstić information content (AvgIpc) is 3.06. The molecular weight excluding hydrogens is 294 g/mol. The molecule has 1 N–H and O–H groups in total. The summed E-state index contributed by atoms with van der Waals surface area (Å²) in [6, 6.07) is 12.5. The molecule has 0 aliphatic heterocycles. The summed E-state index contributed by atoms with van der Waals surface area (Å²) in [6.45, 7) is 4.71. The Morgan fingerprint density at radius 1 is 1.23 bits per heavy atom. The van der Waals surface area contributed by atoms with Crippen molar-refractivity contribution in [1.29, 1.82) is 0 Å². The molecule has 4 heteroatoms. The molecule has 0 spiro atoms. The van der Waals surface area contributed by atoms with Crippen molar-refractivity contribution in [2.24, 2.45) is 0 Å². The average molecular weight is 317 g/mol. The third-order valence-electron chi connectivity index (χ3n) is 3.42. The van der Waals surface area contributed by atoms with Crippen molar-refractivity contribution in [2.45, 2.75) is 32.7 Å². The first-order chi connectivity index (χ1) is 10.7. The molecule has 22 heavy (non-hydrogen) atoms. The van der Waals surface area contributed by atoms with Crippen LogP contribution >= 0.6 is 11.3 Å². The van der Waals surface area contributed by atoms with Gasteiger partial charge in [-0.3, -0.25) is 4.79 Å². The summed E-state index contributed by atoms with van der Waals surface area (Å²) in [7, 11) is 0. The molecule has 0 aliphatic carbocycles. The van der Waals surface area contributed by atoms with Crippen molar-refractivity contribution in [2.75, 3.05) is 13.2 Å². The molecule has 1 amide bonds. The fourth-order valence-electron chi connectivity index (χ4n) is 2.34. The van der Waals surface area contributed by atoms with Crippen LogP contribution in [0.3, 0.4) is 0 Å². The molecule has 1 aromatic carbocycles. The predicted molar refractivity (Wildman–Crippen MR) is 91.2 cm³/mol. The maximum Gasteiger partial charge on any atom is 0.246 e. The summed E-state index contributed by atoms with van der Waals surface area (Å²) in [5.74, 6) is -0.0853. The first-order valence-corrected chi connectivity index (χ1v) is 8.62. The quantitative estimate of drug-likeness (QED) is 0.801. The van der Waals surface area contributed by atoms with E-state index in [2.05, 4.69) is 42.6 Å². The topological polar surface area (TPSA) is 38.3 Å². The number of carbonyl (C=O) groups excluding carboxylic acids is 1. The number of carbonyl (C=O) groups is 1. The summed E-state index contributed by atoms with van der Waals surface area (Å²) in [6.07, 6.45) is 2.22. The smallest absolute Gasteiger partial charge is 0.246 e. The number of rotatable bonds is 8. The van der Waals surface area contributed by atoms with Gasteiger partial charge >= 0.3 is 0 Å². The maximum atomic E-state index is 12.0. The van der Waals surface area contributed by atoms with Gasteiger partial charge in [-0.05, 0) is 35.9 Å². The molecule has 0 saturated carbocycles. The predicted octanol–water partition coefficient (Wildman–Crippen LogP) is 3.94. The Kier molecular flexibility index (Phi) is 6.62. The van der Waals surface area contributed by atoms with Crippen LogP contribution < -0.4 is 5.32 Å². The lowest BCUT2D eigenvalue weighted by Crippen LogP contribution is -2.32. The van der Waals surface area contributed by atoms with Crippen LogP contribution in [0, 0.1) is 0 Å². The van der Waals surface area contributed by atoms with Gasteiger partial charge in [0, 0.05) is 11.5 Å². The number of hydrogen-bond donors (Lipinski definition) is 1. The lowest BCUT2D eigenvalue weighted by Gasteiger charge is -2.18. The molecule has 2 aromatic rings. The number of aryl methyl sites for hydroxylation is 1. The molecule has 0 bridgehead atoms. The van der Waals surface area contributed by atoms with E-state index in [4.69, 9.17) is 4.74 Å². The van der Waals surface area contributed by atoms with E-state index in [-0.39, 0.29) is 18.6 Å². The molecule has 0 fully saturated rings. The minimum atomic E-state index is -0.108. The third kappa shape index (κ3) is 4.68. The first-order valence-electron chi connectivity index (χ1n) is 7.74. The number of ether oxygens (including phenoxy) is 1. The van der Waals surface area contributed by atoms with Gasteiger partial charge < -0.3 is 10.1 Å². The Hall–Kier alpha value is -1.65. The second-order valence-electron chi connectivity index (χ2n) is 5.14. The molecule has 1 heterocycles. The van der Waals surface area contributed by atoms with E-state index in [1.165, 1.54) is 5.56 Å². The molecule has 0 aliphatic rings. The van der Waals surface area contributed by atoms with Crippen LogP contribution in [0.4, 0.5) is 0 Å². The third-order valence-corrected chi connectivity index (χ3v) is 4.36. The molecule has 0 radical (unpaired) electrons. The molecule has 118 valence electrons. The minimum absolute atomic E-state index is 0.0853. The monoisotopic (exact) mass is 317 g/mol.